The maximum absolute atomic E-state index is 12.2. The number of hydrogen-bond donors (Lipinski definition) is 0. The number of carbonyl (C=O) groups excluding carboxylic acids is 1. The first-order valence-electron chi connectivity index (χ1n) is 9.17. The first-order valence-corrected chi connectivity index (χ1v) is 9.93. The number of aldehydes is 1. The van der Waals surface area contributed by atoms with Crippen LogP contribution in [0.25, 0.3) is 0 Å². The quantitative estimate of drug-likeness (QED) is 0.420. The molecule has 0 aliphatic rings. The number of nitrogens with zero attached hydrogens (tertiary/aromatic N) is 1. The van der Waals surface area contributed by atoms with E-state index in [1.807, 2.05) is 31.2 Å². The van der Waals surface area contributed by atoms with Crippen LogP contribution >= 0.6 is 23.2 Å². The predicted molar refractivity (Wildman–Crippen MR) is 117 cm³/mol. The van der Waals surface area contributed by atoms with Crippen molar-refractivity contribution in [2.24, 2.45) is 0 Å². The molecule has 0 saturated carbocycles. The molecule has 1 atom stereocenters. The minimum absolute atomic E-state index is 0.278. The van der Waals surface area contributed by atoms with Gasteiger partial charge in [-0.05, 0) is 18.6 Å². The minimum Gasteiger partial charge on any atom is -0.493 e. The van der Waals surface area contributed by atoms with Crippen LogP contribution in [0.2, 0.25) is 10.0 Å². The van der Waals surface area contributed by atoms with Gasteiger partial charge in [0.25, 0.3) is 0 Å². The molecule has 7 heteroatoms. The van der Waals surface area contributed by atoms with Gasteiger partial charge >= 0.3 is 0 Å². The summed E-state index contributed by atoms with van der Waals surface area (Å²) in [4.78, 5) is 16.1. The molecule has 30 heavy (non-hydrogen) atoms. The highest BCUT2D eigenvalue weighted by atomic mass is 35.5. The fourth-order valence-electron chi connectivity index (χ4n) is 3.16. The van der Waals surface area contributed by atoms with Crippen molar-refractivity contribution in [3.8, 4) is 17.2 Å². The molecule has 0 N–H and O–H groups in total. The molecule has 0 radical (unpaired) electrons. The molecule has 0 saturated heterocycles. The Labute approximate surface area is 185 Å². The number of hydrogen-bond acceptors (Lipinski definition) is 5. The third-order valence-corrected chi connectivity index (χ3v) is 5.31. The number of ether oxygens (including phenoxy) is 3. The molecule has 0 spiro atoms. The Kier molecular flexibility index (Phi) is 7.19. The normalized spacial score (nSPS) is 11.6. The van der Waals surface area contributed by atoms with Gasteiger partial charge in [0, 0.05) is 23.5 Å². The van der Waals surface area contributed by atoms with E-state index < -0.39 is 5.92 Å². The summed E-state index contributed by atoms with van der Waals surface area (Å²) in [5.74, 6) is 0.478. The van der Waals surface area contributed by atoms with E-state index in [0.29, 0.717) is 38.4 Å². The van der Waals surface area contributed by atoms with E-state index in [9.17, 15) is 4.79 Å². The summed E-state index contributed by atoms with van der Waals surface area (Å²) in [5, 5.41) is 0.581. The zero-order valence-corrected chi connectivity index (χ0v) is 18.3. The minimum atomic E-state index is -0.777. The van der Waals surface area contributed by atoms with Crippen LogP contribution in [-0.4, -0.2) is 25.5 Å². The Morgan fingerprint density at radius 3 is 2.20 bits per heavy atom. The van der Waals surface area contributed by atoms with Crippen molar-refractivity contribution in [3.63, 3.8) is 0 Å². The molecule has 156 valence electrons. The van der Waals surface area contributed by atoms with Gasteiger partial charge in [0.15, 0.2) is 11.5 Å². The molecule has 1 heterocycles. The molecule has 0 aliphatic carbocycles. The van der Waals surface area contributed by atoms with Crippen molar-refractivity contribution in [2.45, 2.75) is 19.4 Å². The number of benzene rings is 2. The Bertz CT molecular complexity index is 1020. The molecular formula is C23H21Cl2NO4. The standard InChI is InChI=1S/C23H21Cl2NO4/c1-14-4-6-15(7-5-14)13-30-22-16(8-9-20(28-2)23(22)29-3)17(12-27)21-18(24)10-26-11-19(21)25/h4-12,17H,13H2,1-3H3. The van der Waals surface area contributed by atoms with E-state index in [1.54, 1.807) is 12.1 Å². The summed E-state index contributed by atoms with van der Waals surface area (Å²) in [6.45, 7) is 2.30. The zero-order chi connectivity index (χ0) is 21.7. The van der Waals surface area contributed by atoms with Gasteiger partial charge in [-0.15, -0.1) is 0 Å². The van der Waals surface area contributed by atoms with Crippen LogP contribution in [0.5, 0.6) is 17.2 Å². The van der Waals surface area contributed by atoms with Gasteiger partial charge in [-0.3, -0.25) is 4.98 Å². The van der Waals surface area contributed by atoms with Crippen LogP contribution in [0.3, 0.4) is 0 Å². The molecule has 5 nitrogen and oxygen atoms in total. The van der Waals surface area contributed by atoms with Gasteiger partial charge in [-0.25, -0.2) is 0 Å². The topological polar surface area (TPSA) is 57.7 Å². The Morgan fingerprint density at radius 1 is 0.967 bits per heavy atom. The molecule has 1 unspecified atom stereocenters. The fraction of sp³-hybridized carbons (Fsp3) is 0.217. The lowest BCUT2D eigenvalue weighted by Crippen LogP contribution is -2.09. The maximum atomic E-state index is 12.2. The Morgan fingerprint density at radius 2 is 1.63 bits per heavy atom. The SMILES string of the molecule is COc1ccc(C(C=O)c2c(Cl)cncc2Cl)c(OCc2ccc(C)cc2)c1OC. The Balaban J connectivity index is 2.10. The van der Waals surface area contributed by atoms with Crippen molar-refractivity contribution < 1.29 is 19.0 Å². The van der Waals surface area contributed by atoms with Crippen LogP contribution in [0.1, 0.15) is 28.2 Å². The van der Waals surface area contributed by atoms with E-state index >= 15 is 0 Å². The number of carbonyl (C=O) groups is 1. The number of pyridine rings is 1. The van der Waals surface area contributed by atoms with Gasteiger partial charge in [0.05, 0.1) is 30.2 Å². The van der Waals surface area contributed by atoms with E-state index in [4.69, 9.17) is 37.4 Å². The molecule has 0 bridgehead atoms. The van der Waals surface area contributed by atoms with Crippen LogP contribution in [0.4, 0.5) is 0 Å². The zero-order valence-electron chi connectivity index (χ0n) is 16.8. The van der Waals surface area contributed by atoms with Crippen LogP contribution in [0.15, 0.2) is 48.8 Å². The molecule has 0 amide bonds. The van der Waals surface area contributed by atoms with Crippen LogP contribution in [0, 0.1) is 6.92 Å². The summed E-state index contributed by atoms with van der Waals surface area (Å²) in [6.07, 6.45) is 3.67. The fourth-order valence-corrected chi connectivity index (χ4v) is 3.76. The van der Waals surface area contributed by atoms with Crippen LogP contribution < -0.4 is 14.2 Å². The monoisotopic (exact) mass is 445 g/mol. The third-order valence-electron chi connectivity index (χ3n) is 4.71. The maximum Gasteiger partial charge on any atom is 0.203 e. The molecular weight excluding hydrogens is 425 g/mol. The van der Waals surface area contributed by atoms with Crippen molar-refractivity contribution in [2.75, 3.05) is 14.2 Å². The first kappa shape index (κ1) is 21.9. The Hall–Kier alpha value is -2.76. The lowest BCUT2D eigenvalue weighted by molar-refractivity contribution is -0.108. The first-order chi connectivity index (χ1) is 14.5. The van der Waals surface area contributed by atoms with Crippen molar-refractivity contribution >= 4 is 29.5 Å². The molecule has 0 aliphatic heterocycles. The number of rotatable bonds is 8. The average molecular weight is 446 g/mol. The van der Waals surface area contributed by atoms with Gasteiger partial charge < -0.3 is 19.0 Å². The number of aromatic nitrogens is 1. The second kappa shape index (κ2) is 9.83. The lowest BCUT2D eigenvalue weighted by Gasteiger charge is -2.22. The summed E-state index contributed by atoms with van der Waals surface area (Å²) < 4.78 is 17.1. The second-order valence-electron chi connectivity index (χ2n) is 6.62. The highest BCUT2D eigenvalue weighted by Gasteiger charge is 2.27. The molecule has 0 fully saturated rings. The van der Waals surface area contributed by atoms with E-state index in [0.717, 1.165) is 17.4 Å². The van der Waals surface area contributed by atoms with Gasteiger partial charge in [-0.2, -0.15) is 0 Å². The van der Waals surface area contributed by atoms with Crippen molar-refractivity contribution in [1.82, 2.24) is 4.98 Å². The molecule has 3 rings (SSSR count). The number of aryl methyl sites for hydroxylation is 1. The lowest BCUT2D eigenvalue weighted by atomic mass is 9.92. The summed E-state index contributed by atoms with van der Waals surface area (Å²) in [7, 11) is 3.05. The summed E-state index contributed by atoms with van der Waals surface area (Å²) in [6, 6.07) is 11.4. The van der Waals surface area contributed by atoms with E-state index in [2.05, 4.69) is 4.98 Å². The van der Waals surface area contributed by atoms with Gasteiger partial charge in [-0.1, -0.05) is 59.1 Å². The third kappa shape index (κ3) is 4.53. The van der Waals surface area contributed by atoms with Crippen molar-refractivity contribution in [3.05, 3.63) is 81.1 Å². The highest BCUT2D eigenvalue weighted by Crippen LogP contribution is 2.46. The molecule has 2 aromatic carbocycles. The van der Waals surface area contributed by atoms with Gasteiger partial charge in [0.1, 0.15) is 12.9 Å². The molecule has 3 aromatic rings. The number of methoxy groups -OCH3 is 2. The average Bonchev–Trinajstić information content (AvgIpc) is 2.75. The largest absolute Gasteiger partial charge is 0.493 e. The summed E-state index contributed by atoms with van der Waals surface area (Å²) >= 11 is 12.6. The highest BCUT2D eigenvalue weighted by molar-refractivity contribution is 6.36. The smallest absolute Gasteiger partial charge is 0.203 e. The second-order valence-corrected chi connectivity index (χ2v) is 7.44. The van der Waals surface area contributed by atoms with Crippen molar-refractivity contribution in [1.29, 1.82) is 0 Å². The van der Waals surface area contributed by atoms with Gasteiger partial charge in [0.2, 0.25) is 5.75 Å². The summed E-state index contributed by atoms with van der Waals surface area (Å²) in [5.41, 5.74) is 3.14. The number of halogens is 2. The van der Waals surface area contributed by atoms with Crippen LogP contribution in [-0.2, 0) is 11.4 Å². The van der Waals surface area contributed by atoms with E-state index in [1.165, 1.54) is 26.6 Å². The van der Waals surface area contributed by atoms with E-state index in [-0.39, 0.29) is 6.61 Å². The molecule has 1 aromatic heterocycles. The predicted octanol–water partition coefficient (Wildman–Crippen LogP) is 5.62.